The molecule has 0 aromatic carbocycles. The third-order valence-electron chi connectivity index (χ3n) is 2.93. The Balaban J connectivity index is 2.13. The third kappa shape index (κ3) is 3.16. The Morgan fingerprint density at radius 2 is 2.30 bits per heavy atom. The van der Waals surface area contributed by atoms with Crippen LogP contribution in [0, 0.1) is 6.92 Å². The van der Waals surface area contributed by atoms with Gasteiger partial charge in [-0.25, -0.2) is 4.98 Å². The number of carbonyl (C=O) groups is 1. The Kier molecular flexibility index (Phi) is 3.98. The van der Waals surface area contributed by atoms with Gasteiger partial charge in [-0.3, -0.25) is 14.6 Å². The van der Waals surface area contributed by atoms with Gasteiger partial charge in [0.15, 0.2) is 5.76 Å². The molecule has 0 atom stereocenters. The minimum absolute atomic E-state index is 0.178. The van der Waals surface area contributed by atoms with E-state index in [2.05, 4.69) is 20.4 Å². The van der Waals surface area contributed by atoms with Crippen molar-refractivity contribution in [1.82, 2.24) is 19.7 Å². The summed E-state index contributed by atoms with van der Waals surface area (Å²) in [6.45, 7) is 1.69. The van der Waals surface area contributed by atoms with Gasteiger partial charge in [-0.05, 0) is 19.1 Å². The molecular formula is C14H12ClN5O3. The number of amides is 1. The fourth-order valence-electron chi connectivity index (χ4n) is 2.02. The van der Waals surface area contributed by atoms with Gasteiger partial charge < -0.3 is 9.73 Å². The average Bonchev–Trinajstić information content (AvgIpc) is 3.14. The van der Waals surface area contributed by atoms with Gasteiger partial charge in [-0.15, -0.1) is 11.6 Å². The molecule has 0 aliphatic carbocycles. The van der Waals surface area contributed by atoms with Crippen molar-refractivity contribution in [2.75, 3.05) is 11.2 Å². The lowest BCUT2D eigenvalue weighted by Gasteiger charge is -2.07. The minimum Gasteiger partial charge on any atom is -0.463 e. The standard InChI is InChI=1S/C14H12ClN5O3/c1-8-5-12(21)18-14(16-8)20-11(17-13(22)7-15)6-9(19-20)10-3-2-4-23-10/h2-6H,7H2,1H3,(H,17,22)(H,16,18,21). The van der Waals surface area contributed by atoms with Crippen LogP contribution in [0.1, 0.15) is 5.69 Å². The normalized spacial score (nSPS) is 10.7. The van der Waals surface area contributed by atoms with Gasteiger partial charge in [0.05, 0.1) is 6.26 Å². The number of anilines is 1. The number of aromatic nitrogens is 4. The van der Waals surface area contributed by atoms with Gasteiger partial charge in [0.2, 0.25) is 11.9 Å². The highest BCUT2D eigenvalue weighted by Gasteiger charge is 2.16. The molecule has 118 valence electrons. The number of nitrogens with zero attached hydrogens (tertiary/aromatic N) is 3. The van der Waals surface area contributed by atoms with E-state index in [-0.39, 0.29) is 17.4 Å². The smallest absolute Gasteiger partial charge is 0.252 e. The topological polar surface area (TPSA) is 106 Å². The Bertz CT molecular complexity index is 898. The van der Waals surface area contributed by atoms with Crippen LogP contribution in [0.15, 0.2) is 39.7 Å². The summed E-state index contributed by atoms with van der Waals surface area (Å²) in [6, 6.07) is 6.41. The van der Waals surface area contributed by atoms with Gasteiger partial charge in [0, 0.05) is 17.8 Å². The SMILES string of the molecule is Cc1cc(=O)[nH]c(-n2nc(-c3ccco3)cc2NC(=O)CCl)n1. The highest BCUT2D eigenvalue weighted by atomic mass is 35.5. The number of halogens is 1. The molecule has 0 spiro atoms. The number of aromatic amines is 1. The summed E-state index contributed by atoms with van der Waals surface area (Å²) < 4.78 is 6.61. The van der Waals surface area contributed by atoms with E-state index >= 15 is 0 Å². The van der Waals surface area contributed by atoms with E-state index in [0.717, 1.165) is 0 Å². The molecule has 0 aliphatic heterocycles. The van der Waals surface area contributed by atoms with E-state index in [4.69, 9.17) is 16.0 Å². The van der Waals surface area contributed by atoms with Crippen molar-refractivity contribution in [3.63, 3.8) is 0 Å². The average molecular weight is 334 g/mol. The number of rotatable bonds is 4. The van der Waals surface area contributed by atoms with Crippen molar-refractivity contribution in [2.24, 2.45) is 0 Å². The van der Waals surface area contributed by atoms with Crippen LogP contribution in [0.4, 0.5) is 5.82 Å². The van der Waals surface area contributed by atoms with E-state index in [1.165, 1.54) is 17.0 Å². The number of aryl methyl sites for hydroxylation is 1. The third-order valence-corrected chi connectivity index (χ3v) is 3.17. The molecule has 0 saturated heterocycles. The van der Waals surface area contributed by atoms with Crippen molar-refractivity contribution in [2.45, 2.75) is 6.92 Å². The van der Waals surface area contributed by atoms with Crippen molar-refractivity contribution in [3.05, 3.63) is 46.6 Å². The van der Waals surface area contributed by atoms with E-state index in [9.17, 15) is 9.59 Å². The Morgan fingerprint density at radius 1 is 1.48 bits per heavy atom. The predicted octanol–water partition coefficient (Wildman–Crippen LogP) is 1.70. The summed E-state index contributed by atoms with van der Waals surface area (Å²) in [5.74, 6) is 0.390. The lowest BCUT2D eigenvalue weighted by Crippen LogP contribution is -2.19. The maximum absolute atomic E-state index is 11.6. The fraction of sp³-hybridized carbons (Fsp3) is 0.143. The molecular weight excluding hydrogens is 322 g/mol. The molecule has 23 heavy (non-hydrogen) atoms. The molecule has 1 amide bonds. The zero-order valence-electron chi connectivity index (χ0n) is 12.0. The maximum Gasteiger partial charge on any atom is 0.252 e. The molecule has 0 aliphatic rings. The van der Waals surface area contributed by atoms with Crippen molar-refractivity contribution in [1.29, 1.82) is 0 Å². The highest BCUT2D eigenvalue weighted by Crippen LogP contribution is 2.23. The predicted molar refractivity (Wildman–Crippen MR) is 83.8 cm³/mol. The van der Waals surface area contributed by atoms with Gasteiger partial charge in [-0.1, -0.05) is 0 Å². The monoisotopic (exact) mass is 333 g/mol. The Hall–Kier alpha value is -2.87. The number of hydrogen-bond donors (Lipinski definition) is 2. The second-order valence-electron chi connectivity index (χ2n) is 4.70. The van der Waals surface area contributed by atoms with Crippen LogP contribution >= 0.6 is 11.6 Å². The fourth-order valence-corrected chi connectivity index (χ4v) is 2.08. The van der Waals surface area contributed by atoms with Crippen LogP contribution in [0.5, 0.6) is 0 Å². The van der Waals surface area contributed by atoms with Gasteiger partial charge >= 0.3 is 0 Å². The molecule has 0 fully saturated rings. The van der Waals surface area contributed by atoms with Crippen LogP contribution in [-0.2, 0) is 4.79 Å². The summed E-state index contributed by atoms with van der Waals surface area (Å²) in [4.78, 5) is 30.0. The van der Waals surface area contributed by atoms with E-state index < -0.39 is 5.91 Å². The highest BCUT2D eigenvalue weighted by molar-refractivity contribution is 6.29. The zero-order valence-corrected chi connectivity index (χ0v) is 12.8. The van der Waals surface area contributed by atoms with Crippen LogP contribution in [0.3, 0.4) is 0 Å². The van der Waals surface area contributed by atoms with E-state index in [0.29, 0.717) is 23.0 Å². The quantitative estimate of drug-likeness (QED) is 0.707. The molecule has 8 nitrogen and oxygen atoms in total. The lowest BCUT2D eigenvalue weighted by atomic mass is 10.3. The molecule has 0 radical (unpaired) electrons. The van der Waals surface area contributed by atoms with Crippen LogP contribution in [0.25, 0.3) is 17.4 Å². The number of hydrogen-bond acceptors (Lipinski definition) is 5. The Morgan fingerprint density at radius 3 is 2.96 bits per heavy atom. The van der Waals surface area contributed by atoms with Gasteiger partial charge in [0.25, 0.3) is 5.56 Å². The summed E-state index contributed by atoms with van der Waals surface area (Å²) in [5.41, 5.74) is 0.676. The zero-order chi connectivity index (χ0) is 16.4. The first-order valence-corrected chi connectivity index (χ1v) is 7.18. The second-order valence-corrected chi connectivity index (χ2v) is 4.96. The van der Waals surface area contributed by atoms with Gasteiger partial charge in [0.1, 0.15) is 17.4 Å². The van der Waals surface area contributed by atoms with Crippen LogP contribution in [0.2, 0.25) is 0 Å². The molecule has 3 heterocycles. The van der Waals surface area contributed by atoms with Crippen LogP contribution in [-0.4, -0.2) is 31.5 Å². The first kappa shape index (κ1) is 15.0. The molecule has 3 aromatic rings. The minimum atomic E-state index is -0.409. The summed E-state index contributed by atoms with van der Waals surface area (Å²) in [7, 11) is 0. The van der Waals surface area contributed by atoms with Crippen molar-refractivity contribution < 1.29 is 9.21 Å². The molecule has 9 heteroatoms. The lowest BCUT2D eigenvalue weighted by molar-refractivity contribution is -0.114. The number of H-pyrrole nitrogens is 1. The number of furan rings is 1. The van der Waals surface area contributed by atoms with Crippen molar-refractivity contribution >= 4 is 23.3 Å². The molecule has 3 rings (SSSR count). The molecule has 0 unspecified atom stereocenters. The largest absolute Gasteiger partial charge is 0.463 e. The summed E-state index contributed by atoms with van der Waals surface area (Å²) >= 11 is 5.52. The second kappa shape index (κ2) is 6.09. The summed E-state index contributed by atoms with van der Waals surface area (Å²) in [5, 5.41) is 6.93. The molecule has 0 bridgehead atoms. The first-order chi connectivity index (χ1) is 11.1. The summed E-state index contributed by atoms with van der Waals surface area (Å²) in [6.07, 6.45) is 1.51. The molecule has 3 aromatic heterocycles. The number of nitrogens with one attached hydrogen (secondary N) is 2. The van der Waals surface area contributed by atoms with Crippen molar-refractivity contribution in [3.8, 4) is 17.4 Å². The maximum atomic E-state index is 11.6. The van der Waals surface area contributed by atoms with E-state index in [1.807, 2.05) is 0 Å². The molecule has 2 N–H and O–H groups in total. The Labute approximate surface area is 135 Å². The molecule has 0 saturated carbocycles. The number of alkyl halides is 1. The van der Waals surface area contributed by atoms with E-state index in [1.54, 1.807) is 25.1 Å². The number of carbonyl (C=O) groups excluding carboxylic acids is 1. The van der Waals surface area contributed by atoms with Crippen LogP contribution < -0.4 is 10.9 Å². The van der Waals surface area contributed by atoms with Gasteiger partial charge in [-0.2, -0.15) is 9.78 Å². The first-order valence-electron chi connectivity index (χ1n) is 6.65.